The molecule has 0 aromatic rings. The summed E-state index contributed by atoms with van der Waals surface area (Å²) >= 11 is 0. The third-order valence-corrected chi connectivity index (χ3v) is 3.79. The lowest BCUT2D eigenvalue weighted by Gasteiger charge is -2.24. The number of likely N-dealkylation sites (tertiary alicyclic amines) is 1. The van der Waals surface area contributed by atoms with Gasteiger partial charge in [-0.2, -0.15) is 0 Å². The van der Waals surface area contributed by atoms with Crippen LogP contribution in [0.25, 0.3) is 0 Å². The van der Waals surface area contributed by atoms with Crippen molar-refractivity contribution in [2.45, 2.75) is 45.1 Å². The van der Waals surface area contributed by atoms with Crippen LogP contribution < -0.4 is 5.32 Å². The second-order valence-corrected chi connectivity index (χ2v) is 4.85. The average molecular weight is 247 g/mol. The van der Waals surface area contributed by atoms with Gasteiger partial charge in [0.25, 0.3) is 0 Å². The molecule has 0 aromatic carbocycles. The van der Waals surface area contributed by atoms with Crippen molar-refractivity contribution >= 4 is 18.3 Å². The predicted molar refractivity (Wildman–Crippen MR) is 67.9 cm³/mol. The van der Waals surface area contributed by atoms with E-state index in [0.717, 1.165) is 32.5 Å². The van der Waals surface area contributed by atoms with Crippen molar-refractivity contribution in [3.05, 3.63) is 0 Å². The number of amides is 1. The van der Waals surface area contributed by atoms with Crippen molar-refractivity contribution in [2.75, 3.05) is 19.6 Å². The Balaban J connectivity index is 0.00000128. The lowest BCUT2D eigenvalue weighted by Crippen LogP contribution is -2.36. The summed E-state index contributed by atoms with van der Waals surface area (Å²) in [7, 11) is 0. The van der Waals surface area contributed by atoms with Crippen molar-refractivity contribution in [3.63, 3.8) is 0 Å². The standard InChI is InChI=1S/C12H22N2O.ClH/c1-2-11-4-3-7-14(11)12(15)8-10-5-6-13-9-10;/h10-11,13H,2-9H2,1H3;1H. The van der Waals surface area contributed by atoms with Gasteiger partial charge in [-0.1, -0.05) is 6.92 Å². The van der Waals surface area contributed by atoms with Crippen molar-refractivity contribution in [1.29, 1.82) is 0 Å². The third kappa shape index (κ3) is 3.11. The van der Waals surface area contributed by atoms with Crippen LogP contribution in [0, 0.1) is 5.92 Å². The van der Waals surface area contributed by atoms with Crippen LogP contribution in [0.3, 0.4) is 0 Å². The van der Waals surface area contributed by atoms with Crippen molar-refractivity contribution in [2.24, 2.45) is 5.92 Å². The van der Waals surface area contributed by atoms with Gasteiger partial charge in [0, 0.05) is 19.0 Å². The maximum atomic E-state index is 12.1. The Kier molecular flexibility index (Phi) is 5.56. The second kappa shape index (κ2) is 6.45. The molecule has 0 bridgehead atoms. The van der Waals surface area contributed by atoms with Crippen molar-refractivity contribution in [3.8, 4) is 0 Å². The summed E-state index contributed by atoms with van der Waals surface area (Å²) in [6.07, 6.45) is 5.48. The monoisotopic (exact) mass is 246 g/mol. The van der Waals surface area contributed by atoms with Crippen LogP contribution in [-0.2, 0) is 4.79 Å². The van der Waals surface area contributed by atoms with Gasteiger partial charge in [0.05, 0.1) is 0 Å². The van der Waals surface area contributed by atoms with Crippen LogP contribution in [-0.4, -0.2) is 36.5 Å². The molecule has 0 radical (unpaired) electrons. The zero-order valence-electron chi connectivity index (χ0n) is 10.1. The maximum Gasteiger partial charge on any atom is 0.223 e. The molecule has 2 heterocycles. The first-order chi connectivity index (χ1) is 7.31. The highest BCUT2D eigenvalue weighted by Crippen LogP contribution is 2.23. The quantitative estimate of drug-likeness (QED) is 0.824. The zero-order valence-corrected chi connectivity index (χ0v) is 10.9. The lowest BCUT2D eigenvalue weighted by atomic mass is 10.0. The Morgan fingerprint density at radius 1 is 1.44 bits per heavy atom. The number of nitrogens with zero attached hydrogens (tertiary/aromatic N) is 1. The molecule has 1 N–H and O–H groups in total. The van der Waals surface area contributed by atoms with Gasteiger partial charge < -0.3 is 10.2 Å². The number of rotatable bonds is 3. The Hall–Kier alpha value is -0.280. The molecule has 2 aliphatic heterocycles. The van der Waals surface area contributed by atoms with Gasteiger partial charge in [0.1, 0.15) is 0 Å². The van der Waals surface area contributed by atoms with E-state index in [1.807, 2.05) is 0 Å². The van der Waals surface area contributed by atoms with Crippen LogP contribution in [0.5, 0.6) is 0 Å². The van der Waals surface area contributed by atoms with Gasteiger partial charge in [-0.3, -0.25) is 4.79 Å². The molecule has 0 spiro atoms. The summed E-state index contributed by atoms with van der Waals surface area (Å²) in [4.78, 5) is 14.2. The maximum absolute atomic E-state index is 12.1. The first-order valence-corrected chi connectivity index (χ1v) is 6.31. The van der Waals surface area contributed by atoms with E-state index >= 15 is 0 Å². The SMILES string of the molecule is CCC1CCCN1C(=O)CC1CCNC1.Cl. The molecule has 2 unspecified atom stereocenters. The van der Waals surface area contributed by atoms with E-state index in [1.54, 1.807) is 0 Å². The van der Waals surface area contributed by atoms with Gasteiger partial charge >= 0.3 is 0 Å². The van der Waals surface area contributed by atoms with Gasteiger partial charge in [-0.05, 0) is 44.7 Å². The van der Waals surface area contributed by atoms with Crippen LogP contribution in [0.2, 0.25) is 0 Å². The number of carbonyl (C=O) groups is 1. The summed E-state index contributed by atoms with van der Waals surface area (Å²) in [5, 5.41) is 3.32. The van der Waals surface area contributed by atoms with E-state index < -0.39 is 0 Å². The molecule has 3 nitrogen and oxygen atoms in total. The van der Waals surface area contributed by atoms with E-state index in [9.17, 15) is 4.79 Å². The van der Waals surface area contributed by atoms with Crippen LogP contribution in [0.1, 0.15) is 39.0 Å². The fraction of sp³-hybridized carbons (Fsp3) is 0.917. The highest BCUT2D eigenvalue weighted by atomic mass is 35.5. The first kappa shape index (κ1) is 13.8. The molecular weight excluding hydrogens is 224 g/mol. The minimum atomic E-state index is 0. The molecule has 16 heavy (non-hydrogen) atoms. The molecule has 0 aliphatic carbocycles. The number of hydrogen-bond acceptors (Lipinski definition) is 2. The van der Waals surface area contributed by atoms with Crippen LogP contribution in [0.4, 0.5) is 0 Å². The summed E-state index contributed by atoms with van der Waals surface area (Å²) in [5.74, 6) is 0.989. The number of hydrogen-bond donors (Lipinski definition) is 1. The van der Waals surface area contributed by atoms with E-state index in [4.69, 9.17) is 0 Å². The van der Waals surface area contributed by atoms with Gasteiger partial charge in [0.2, 0.25) is 5.91 Å². The van der Waals surface area contributed by atoms with Crippen molar-refractivity contribution in [1.82, 2.24) is 10.2 Å². The van der Waals surface area contributed by atoms with Crippen LogP contribution >= 0.6 is 12.4 Å². The largest absolute Gasteiger partial charge is 0.340 e. The second-order valence-electron chi connectivity index (χ2n) is 4.85. The molecule has 2 fully saturated rings. The molecule has 2 saturated heterocycles. The third-order valence-electron chi connectivity index (χ3n) is 3.79. The van der Waals surface area contributed by atoms with E-state index in [2.05, 4.69) is 17.1 Å². The minimum Gasteiger partial charge on any atom is -0.340 e. The molecule has 2 aliphatic rings. The van der Waals surface area contributed by atoms with E-state index in [0.29, 0.717) is 17.9 Å². The predicted octanol–water partition coefficient (Wildman–Crippen LogP) is 1.81. The van der Waals surface area contributed by atoms with Gasteiger partial charge in [0.15, 0.2) is 0 Å². The Bertz CT molecular complexity index is 229. The van der Waals surface area contributed by atoms with E-state index in [-0.39, 0.29) is 12.4 Å². The molecular formula is C12H23ClN2O. The summed E-state index contributed by atoms with van der Waals surface area (Å²) in [6, 6.07) is 0.534. The minimum absolute atomic E-state index is 0. The number of nitrogens with one attached hydrogen (secondary N) is 1. The fourth-order valence-electron chi connectivity index (χ4n) is 2.84. The normalized spacial score (nSPS) is 29.2. The first-order valence-electron chi connectivity index (χ1n) is 6.31. The van der Waals surface area contributed by atoms with Crippen LogP contribution in [0.15, 0.2) is 0 Å². The smallest absolute Gasteiger partial charge is 0.223 e. The number of halogens is 1. The summed E-state index contributed by atoms with van der Waals surface area (Å²) < 4.78 is 0. The highest BCUT2D eigenvalue weighted by molar-refractivity contribution is 5.85. The Morgan fingerprint density at radius 2 is 2.25 bits per heavy atom. The van der Waals surface area contributed by atoms with E-state index in [1.165, 1.54) is 19.3 Å². The molecule has 1 amide bonds. The molecule has 0 saturated carbocycles. The Labute approximate surface area is 104 Å². The van der Waals surface area contributed by atoms with Gasteiger partial charge in [-0.15, -0.1) is 12.4 Å². The summed E-state index contributed by atoms with van der Waals surface area (Å²) in [6.45, 7) is 5.32. The number of carbonyl (C=O) groups excluding carboxylic acids is 1. The lowest BCUT2D eigenvalue weighted by molar-refractivity contribution is -0.132. The molecule has 2 atom stereocenters. The summed E-state index contributed by atoms with van der Waals surface area (Å²) in [5.41, 5.74) is 0. The fourth-order valence-corrected chi connectivity index (χ4v) is 2.84. The zero-order chi connectivity index (χ0) is 10.7. The average Bonchev–Trinajstić information content (AvgIpc) is 2.86. The highest BCUT2D eigenvalue weighted by Gasteiger charge is 2.29. The molecule has 4 heteroatoms. The molecule has 94 valence electrons. The van der Waals surface area contributed by atoms with Gasteiger partial charge in [-0.25, -0.2) is 0 Å². The van der Waals surface area contributed by atoms with Crippen molar-refractivity contribution < 1.29 is 4.79 Å². The molecule has 2 rings (SSSR count). The molecule has 0 aromatic heterocycles. The Morgan fingerprint density at radius 3 is 2.88 bits per heavy atom. The topological polar surface area (TPSA) is 32.3 Å².